The monoisotopic (exact) mass is 422 g/mol. The highest BCUT2D eigenvalue weighted by molar-refractivity contribution is 7.89. The topological polar surface area (TPSA) is 108 Å². The number of aryl methyl sites for hydroxylation is 1. The molecule has 0 spiro atoms. The number of halogens is 1. The molecule has 0 atom stereocenters. The second kappa shape index (κ2) is 8.26. The van der Waals surface area contributed by atoms with Gasteiger partial charge in [0, 0.05) is 24.5 Å². The minimum Gasteiger partial charge on any atom is -0.354 e. The number of nitrogens with zero attached hydrogens (tertiary/aromatic N) is 2. The van der Waals surface area contributed by atoms with Crippen LogP contribution in [0.25, 0.3) is 0 Å². The van der Waals surface area contributed by atoms with Crippen molar-refractivity contribution in [2.24, 2.45) is 0 Å². The van der Waals surface area contributed by atoms with Crippen LogP contribution in [-0.4, -0.2) is 49.2 Å². The zero-order valence-electron chi connectivity index (χ0n) is 15.1. The molecule has 3 rings (SSSR count). The zero-order chi connectivity index (χ0) is 20.3. The van der Waals surface area contributed by atoms with Crippen molar-refractivity contribution in [2.75, 3.05) is 25.0 Å². The molecule has 8 nitrogen and oxygen atoms in total. The van der Waals surface area contributed by atoms with E-state index in [0.717, 1.165) is 9.87 Å². The number of benzene rings is 1. The first-order valence-electron chi connectivity index (χ1n) is 8.54. The molecule has 1 saturated heterocycles. The Morgan fingerprint density at radius 3 is 2.82 bits per heavy atom. The van der Waals surface area contributed by atoms with E-state index >= 15 is 0 Å². The normalized spacial score (nSPS) is 15.1. The summed E-state index contributed by atoms with van der Waals surface area (Å²) in [6, 6.07) is 9.30. The lowest BCUT2D eigenvalue weighted by Crippen LogP contribution is -2.49. The molecule has 1 aromatic heterocycles. The maximum Gasteiger partial charge on any atom is 0.243 e. The summed E-state index contributed by atoms with van der Waals surface area (Å²) in [6.45, 7) is 2.01. The molecule has 10 heteroatoms. The van der Waals surface area contributed by atoms with E-state index in [1.807, 2.05) is 0 Å². The molecule has 28 heavy (non-hydrogen) atoms. The van der Waals surface area contributed by atoms with Crippen LogP contribution in [0.3, 0.4) is 0 Å². The summed E-state index contributed by atoms with van der Waals surface area (Å²) in [5.41, 5.74) is 1.74. The van der Waals surface area contributed by atoms with Crippen molar-refractivity contribution in [1.29, 1.82) is 0 Å². The summed E-state index contributed by atoms with van der Waals surface area (Å²) in [5, 5.41) is 5.64. The van der Waals surface area contributed by atoms with Crippen LogP contribution in [0.1, 0.15) is 11.3 Å². The predicted molar refractivity (Wildman–Crippen MR) is 105 cm³/mol. The molecule has 2 heterocycles. The van der Waals surface area contributed by atoms with Crippen LogP contribution in [0, 0.1) is 6.92 Å². The second-order valence-corrected chi connectivity index (χ2v) is 8.65. The number of pyridine rings is 1. The van der Waals surface area contributed by atoms with Crippen molar-refractivity contribution in [3.05, 3.63) is 52.8 Å². The van der Waals surface area contributed by atoms with Crippen molar-refractivity contribution in [1.82, 2.24) is 14.6 Å². The van der Waals surface area contributed by atoms with E-state index < -0.39 is 10.0 Å². The van der Waals surface area contributed by atoms with Gasteiger partial charge in [-0.3, -0.25) is 9.59 Å². The van der Waals surface area contributed by atoms with Crippen LogP contribution >= 0.6 is 11.6 Å². The van der Waals surface area contributed by atoms with E-state index in [-0.39, 0.29) is 42.8 Å². The van der Waals surface area contributed by atoms with Crippen molar-refractivity contribution in [2.45, 2.75) is 18.2 Å². The SMILES string of the molecule is Cc1nc(Cl)ccc1CC(=O)Nc1cccc(S(=O)(=O)N2CCNC(=O)C2)c1. The van der Waals surface area contributed by atoms with Gasteiger partial charge in [-0.25, -0.2) is 13.4 Å². The Balaban J connectivity index is 1.74. The van der Waals surface area contributed by atoms with E-state index in [4.69, 9.17) is 11.6 Å². The van der Waals surface area contributed by atoms with Crippen molar-refractivity contribution in [3.63, 3.8) is 0 Å². The minimum atomic E-state index is -3.83. The molecule has 0 radical (unpaired) electrons. The fraction of sp³-hybridized carbons (Fsp3) is 0.278. The summed E-state index contributed by atoms with van der Waals surface area (Å²) in [5.74, 6) is -0.648. The minimum absolute atomic E-state index is 0.0179. The number of hydrogen-bond acceptors (Lipinski definition) is 5. The predicted octanol–water partition coefficient (Wildman–Crippen LogP) is 1.35. The summed E-state index contributed by atoms with van der Waals surface area (Å²) in [7, 11) is -3.83. The van der Waals surface area contributed by atoms with E-state index in [9.17, 15) is 18.0 Å². The van der Waals surface area contributed by atoms with E-state index in [1.54, 1.807) is 31.2 Å². The van der Waals surface area contributed by atoms with Gasteiger partial charge in [-0.2, -0.15) is 4.31 Å². The molecule has 1 aliphatic rings. The largest absolute Gasteiger partial charge is 0.354 e. The molecule has 0 saturated carbocycles. The van der Waals surface area contributed by atoms with Gasteiger partial charge in [0.2, 0.25) is 21.8 Å². The van der Waals surface area contributed by atoms with Gasteiger partial charge in [-0.05, 0) is 36.8 Å². The third kappa shape index (κ3) is 4.67. The Morgan fingerprint density at radius 2 is 2.11 bits per heavy atom. The number of anilines is 1. The lowest BCUT2D eigenvalue weighted by atomic mass is 10.1. The summed E-state index contributed by atoms with van der Waals surface area (Å²) < 4.78 is 26.6. The number of amides is 2. The third-order valence-corrected chi connectivity index (χ3v) is 6.32. The molecule has 0 unspecified atom stereocenters. The van der Waals surface area contributed by atoms with Crippen molar-refractivity contribution in [3.8, 4) is 0 Å². The highest BCUT2D eigenvalue weighted by atomic mass is 35.5. The number of nitrogens with one attached hydrogen (secondary N) is 2. The molecular weight excluding hydrogens is 404 g/mol. The fourth-order valence-corrected chi connectivity index (χ4v) is 4.46. The van der Waals surface area contributed by atoms with Crippen LogP contribution in [0.15, 0.2) is 41.3 Å². The first kappa shape index (κ1) is 20.2. The number of sulfonamides is 1. The smallest absolute Gasteiger partial charge is 0.243 e. The number of hydrogen-bond donors (Lipinski definition) is 2. The van der Waals surface area contributed by atoms with E-state index in [0.29, 0.717) is 16.5 Å². The first-order chi connectivity index (χ1) is 13.3. The number of piperazine rings is 1. The van der Waals surface area contributed by atoms with Gasteiger partial charge in [0.15, 0.2) is 0 Å². The van der Waals surface area contributed by atoms with Gasteiger partial charge >= 0.3 is 0 Å². The van der Waals surface area contributed by atoms with Gasteiger partial charge in [0.25, 0.3) is 0 Å². The average Bonchev–Trinajstić information content (AvgIpc) is 2.64. The van der Waals surface area contributed by atoms with Crippen LogP contribution in [0.5, 0.6) is 0 Å². The van der Waals surface area contributed by atoms with Crippen molar-refractivity contribution < 1.29 is 18.0 Å². The lowest BCUT2D eigenvalue weighted by molar-refractivity contribution is -0.122. The molecule has 148 valence electrons. The Hall–Kier alpha value is -2.49. The highest BCUT2D eigenvalue weighted by Crippen LogP contribution is 2.20. The van der Waals surface area contributed by atoms with Crippen molar-refractivity contribution >= 4 is 39.1 Å². The van der Waals surface area contributed by atoms with Crippen LogP contribution < -0.4 is 10.6 Å². The molecule has 2 aromatic rings. The third-order valence-electron chi connectivity index (χ3n) is 4.27. The Bertz CT molecular complexity index is 1030. The fourth-order valence-electron chi connectivity index (χ4n) is 2.83. The van der Waals surface area contributed by atoms with Crippen LogP contribution in [-0.2, 0) is 26.0 Å². The van der Waals surface area contributed by atoms with Crippen LogP contribution in [0.4, 0.5) is 5.69 Å². The summed E-state index contributed by atoms with van der Waals surface area (Å²) in [6.07, 6.45) is 0.0826. The molecule has 2 N–H and O–H groups in total. The van der Waals surface area contributed by atoms with Gasteiger partial charge in [-0.1, -0.05) is 23.7 Å². The molecular formula is C18H19ClN4O4S. The standard InChI is InChI=1S/C18H19ClN4O4S/c1-12-13(5-6-16(19)21-12)9-17(24)22-14-3-2-4-15(10-14)28(26,27)23-8-7-20-18(25)11-23/h2-6,10H,7-9,11H2,1H3,(H,20,25)(H,22,24). The number of rotatable bonds is 5. The summed E-state index contributed by atoms with van der Waals surface area (Å²) in [4.78, 5) is 28.0. The molecule has 2 amide bonds. The number of carbonyl (C=O) groups excluding carboxylic acids is 2. The number of aromatic nitrogens is 1. The first-order valence-corrected chi connectivity index (χ1v) is 10.4. The Morgan fingerprint density at radius 1 is 1.32 bits per heavy atom. The van der Waals surface area contributed by atoms with Gasteiger partial charge in [0.1, 0.15) is 5.15 Å². The van der Waals surface area contributed by atoms with Gasteiger partial charge in [0.05, 0.1) is 17.9 Å². The Kier molecular flexibility index (Phi) is 5.97. The van der Waals surface area contributed by atoms with Gasteiger partial charge in [-0.15, -0.1) is 0 Å². The number of carbonyl (C=O) groups is 2. The summed E-state index contributed by atoms with van der Waals surface area (Å²) >= 11 is 5.82. The van der Waals surface area contributed by atoms with E-state index in [1.165, 1.54) is 12.1 Å². The van der Waals surface area contributed by atoms with Gasteiger partial charge < -0.3 is 10.6 Å². The average molecular weight is 423 g/mol. The molecule has 0 aliphatic carbocycles. The second-order valence-electron chi connectivity index (χ2n) is 6.32. The maximum atomic E-state index is 12.8. The van der Waals surface area contributed by atoms with Crippen LogP contribution in [0.2, 0.25) is 5.15 Å². The lowest BCUT2D eigenvalue weighted by Gasteiger charge is -2.26. The highest BCUT2D eigenvalue weighted by Gasteiger charge is 2.29. The Labute approximate surface area is 168 Å². The maximum absolute atomic E-state index is 12.8. The zero-order valence-corrected chi connectivity index (χ0v) is 16.7. The molecule has 0 bridgehead atoms. The van der Waals surface area contributed by atoms with E-state index in [2.05, 4.69) is 15.6 Å². The molecule has 1 aromatic carbocycles. The quantitative estimate of drug-likeness (QED) is 0.707. The molecule has 1 aliphatic heterocycles. The molecule has 1 fully saturated rings.